The van der Waals surface area contributed by atoms with Crippen LogP contribution in [0.1, 0.15) is 177 Å². The minimum atomic E-state index is -3.85. The number of carbonyl (C=O) groups is 5. The van der Waals surface area contributed by atoms with Crippen LogP contribution in [0.4, 0.5) is 0 Å². The molecule has 1 saturated heterocycles. The number of fused-ring (bicyclic) bond motifs is 1. The van der Waals surface area contributed by atoms with Gasteiger partial charge in [0.05, 0.1) is 6.04 Å². The van der Waals surface area contributed by atoms with Crippen molar-refractivity contribution in [3.05, 3.63) is 0 Å². The highest BCUT2D eigenvalue weighted by atomic mass is 16.2. The minimum absolute atomic E-state index is 0.000406. The maximum atomic E-state index is 14.8. The number of hydrogen-bond donors (Lipinski definition) is 0. The summed E-state index contributed by atoms with van der Waals surface area (Å²) in [7, 11) is 0. The van der Waals surface area contributed by atoms with Crippen LogP contribution in [0.3, 0.4) is 0 Å². The highest BCUT2D eigenvalue weighted by Crippen LogP contribution is 2.65. The van der Waals surface area contributed by atoms with E-state index in [-0.39, 0.29) is 53.8 Å². The van der Waals surface area contributed by atoms with E-state index in [4.69, 9.17) is 12.3 Å². The second-order valence-corrected chi connectivity index (χ2v) is 18.4. The third-order valence-corrected chi connectivity index (χ3v) is 12.0. The van der Waals surface area contributed by atoms with Gasteiger partial charge in [-0.2, -0.15) is 0 Å². The van der Waals surface area contributed by atoms with Crippen LogP contribution in [0, 0.1) is 51.2 Å². The van der Waals surface area contributed by atoms with Crippen LogP contribution in [-0.2, 0) is 24.0 Å². The zero-order valence-corrected chi connectivity index (χ0v) is 30.4. The van der Waals surface area contributed by atoms with E-state index in [9.17, 15) is 24.0 Å². The van der Waals surface area contributed by atoms with Gasteiger partial charge in [0.1, 0.15) is 5.78 Å². The Morgan fingerprint density at radius 3 is 2.19 bits per heavy atom. The fourth-order valence-corrected chi connectivity index (χ4v) is 8.56. The first-order valence-corrected chi connectivity index (χ1v) is 18.1. The molecule has 0 aromatic rings. The molecule has 1 amide bonds. The largest absolute Gasteiger partial charge is 0.332 e. The van der Waals surface area contributed by atoms with Gasteiger partial charge < -0.3 is 4.90 Å². The van der Waals surface area contributed by atoms with Gasteiger partial charge in [0, 0.05) is 56.4 Å². The van der Waals surface area contributed by atoms with Crippen LogP contribution >= 0.6 is 0 Å². The van der Waals surface area contributed by atoms with E-state index in [2.05, 4.69) is 20.8 Å². The van der Waals surface area contributed by atoms with Crippen LogP contribution in [0.2, 0.25) is 0 Å². The van der Waals surface area contributed by atoms with E-state index in [1.807, 2.05) is 34.6 Å². The zero-order chi connectivity index (χ0) is 42.8. The lowest BCUT2D eigenvalue weighted by molar-refractivity contribution is -0.148. The Hall–Kier alpha value is -1.85. The van der Waals surface area contributed by atoms with Gasteiger partial charge in [-0.15, -0.1) is 0 Å². The van der Waals surface area contributed by atoms with E-state index in [0.717, 1.165) is 44.9 Å². The Labute approximate surface area is 299 Å². The predicted molar refractivity (Wildman–Crippen MR) is 188 cm³/mol. The summed E-state index contributed by atoms with van der Waals surface area (Å²) < 4.78 is 74.0. The highest BCUT2D eigenvalue weighted by Gasteiger charge is 2.69. The number of rotatable bonds is 17. The van der Waals surface area contributed by atoms with Crippen molar-refractivity contribution in [2.75, 3.05) is 6.54 Å². The van der Waals surface area contributed by atoms with Gasteiger partial charge in [0.2, 0.25) is 11.7 Å². The Morgan fingerprint density at radius 1 is 0.957 bits per heavy atom. The molecule has 4 aliphatic rings. The lowest BCUT2D eigenvalue weighted by Gasteiger charge is -2.40. The number of likely N-dealkylation sites (tertiary alicyclic amines) is 1. The molecule has 6 nitrogen and oxygen atoms in total. The van der Waals surface area contributed by atoms with Gasteiger partial charge in [0.25, 0.3) is 0 Å². The fraction of sp³-hybridized carbons (Fsp3) is 0.878. The van der Waals surface area contributed by atoms with Crippen LogP contribution in [0.25, 0.3) is 0 Å². The van der Waals surface area contributed by atoms with E-state index in [0.29, 0.717) is 19.3 Å². The lowest BCUT2D eigenvalue weighted by atomic mass is 9.65. The molecule has 266 valence electrons. The number of ketones is 4. The third-order valence-electron chi connectivity index (χ3n) is 12.0. The van der Waals surface area contributed by atoms with Crippen LogP contribution in [0.5, 0.6) is 0 Å². The van der Waals surface area contributed by atoms with Gasteiger partial charge in [0.15, 0.2) is 11.6 Å². The number of Topliss-reactive ketones (excluding diaryl/α,β-unsaturated/α-hetero) is 4. The first-order valence-electron chi connectivity index (χ1n) is 22.6. The van der Waals surface area contributed by atoms with Crippen molar-refractivity contribution in [2.24, 2.45) is 51.2 Å². The Bertz CT molecular complexity index is 1530. The SMILES string of the molecule is [2H]C([2H])([2H])C([2H])([2H])C([2H])([2H])C([2H])([2H])[C@H](CC(=O)[C@@H]1[C@@H]2[C@H](CN1C(=O)[C@@H](CC(=O)CC1(CCC(C)(C)C)CCCCC1)C(C)(C)C)C2(C)C)C(=O)C(=O)CC1CC1. The summed E-state index contributed by atoms with van der Waals surface area (Å²) in [6.07, 6.45) is -3.73. The Balaban J connectivity index is 1.66. The first kappa shape index (κ1) is 26.9. The maximum Gasteiger partial charge on any atom is 0.227 e. The molecule has 1 heterocycles. The van der Waals surface area contributed by atoms with Crippen molar-refractivity contribution < 1.29 is 36.3 Å². The van der Waals surface area contributed by atoms with Crippen LogP contribution in [-0.4, -0.2) is 46.5 Å². The second kappa shape index (κ2) is 14.6. The Morgan fingerprint density at radius 2 is 1.62 bits per heavy atom. The van der Waals surface area contributed by atoms with Gasteiger partial charge in [-0.25, -0.2) is 0 Å². The fourth-order valence-electron chi connectivity index (χ4n) is 8.56. The monoisotopic (exact) mass is 663 g/mol. The summed E-state index contributed by atoms with van der Waals surface area (Å²) in [5.41, 5.74) is -1.10. The Kier molecular flexibility index (Phi) is 8.34. The van der Waals surface area contributed by atoms with E-state index in [1.165, 1.54) is 4.90 Å². The smallest absolute Gasteiger partial charge is 0.227 e. The van der Waals surface area contributed by atoms with Gasteiger partial charge in [-0.05, 0) is 84.3 Å². The van der Waals surface area contributed by atoms with Crippen LogP contribution in [0.15, 0.2) is 0 Å². The molecule has 4 fully saturated rings. The molecule has 6 heteroatoms. The van der Waals surface area contributed by atoms with E-state index >= 15 is 0 Å². The second-order valence-electron chi connectivity index (χ2n) is 18.4. The molecule has 0 aromatic heterocycles. The van der Waals surface area contributed by atoms with Crippen molar-refractivity contribution in [1.29, 1.82) is 0 Å². The summed E-state index contributed by atoms with van der Waals surface area (Å²) in [5, 5.41) is 0. The molecule has 5 atom stereocenters. The van der Waals surface area contributed by atoms with Gasteiger partial charge >= 0.3 is 0 Å². The number of carbonyl (C=O) groups excluding carboxylic acids is 5. The molecule has 0 unspecified atom stereocenters. The predicted octanol–water partition coefficient (Wildman–Crippen LogP) is 8.96. The number of hydrogen-bond acceptors (Lipinski definition) is 5. The normalized spacial score (nSPS) is 30.3. The molecule has 0 radical (unpaired) electrons. The molecule has 47 heavy (non-hydrogen) atoms. The summed E-state index contributed by atoms with van der Waals surface area (Å²) in [6.45, 7) is 12.7. The van der Waals surface area contributed by atoms with Crippen molar-refractivity contribution in [1.82, 2.24) is 4.90 Å². The first-order chi connectivity index (χ1) is 25.2. The van der Waals surface area contributed by atoms with Crippen molar-refractivity contribution in [3.63, 3.8) is 0 Å². The summed E-state index contributed by atoms with van der Waals surface area (Å²) >= 11 is 0. The molecule has 0 bridgehead atoms. The van der Waals surface area contributed by atoms with Gasteiger partial charge in [-0.3, -0.25) is 24.0 Å². The molecule has 3 saturated carbocycles. The number of amides is 1. The summed E-state index contributed by atoms with van der Waals surface area (Å²) in [5.74, 6) is -7.32. The summed E-state index contributed by atoms with van der Waals surface area (Å²) in [6, 6.07) is -1.16. The third kappa shape index (κ3) is 9.44. The van der Waals surface area contributed by atoms with E-state index < -0.39 is 84.4 Å². The minimum Gasteiger partial charge on any atom is -0.332 e. The van der Waals surface area contributed by atoms with Gasteiger partial charge in [-0.1, -0.05) is 94.3 Å². The average Bonchev–Trinajstić information content (AvgIpc) is 3.90. The molecule has 1 aliphatic heterocycles. The molecule has 0 aromatic carbocycles. The molecule has 4 rings (SSSR count). The number of piperidine rings is 1. The van der Waals surface area contributed by atoms with E-state index in [1.54, 1.807) is 0 Å². The molecule has 0 N–H and O–H groups in total. The molecular weight excluding hydrogens is 586 g/mol. The quantitative estimate of drug-likeness (QED) is 0.145. The molecule has 3 aliphatic carbocycles. The van der Waals surface area contributed by atoms with Crippen molar-refractivity contribution in [3.8, 4) is 0 Å². The van der Waals surface area contributed by atoms with Crippen molar-refractivity contribution in [2.45, 2.75) is 171 Å². The topological polar surface area (TPSA) is 88.6 Å². The van der Waals surface area contributed by atoms with Crippen molar-refractivity contribution >= 4 is 29.0 Å². The lowest BCUT2D eigenvalue weighted by Crippen LogP contribution is -2.51. The summed E-state index contributed by atoms with van der Waals surface area (Å²) in [4.78, 5) is 71.9. The van der Waals surface area contributed by atoms with Crippen LogP contribution < -0.4 is 0 Å². The molecule has 0 spiro atoms. The zero-order valence-electron chi connectivity index (χ0n) is 39.4. The molecular formula is C41H67NO5. The number of nitrogens with zero attached hydrogens (tertiary/aromatic N) is 1. The highest BCUT2D eigenvalue weighted by molar-refractivity contribution is 6.38. The maximum absolute atomic E-state index is 14.8. The standard InChI is InChI=1S/C41H67NO5/c1-10-11-15-28(36(46)33(45)22-27-16-17-27)23-32(44)35-34-31(40(34,8)9)26-42(35)37(47)30(39(5,6)7)24-29(43)25-41(18-13-12-14-19-41)21-20-38(2,3)4/h27-28,30-31,34-35H,10-26H2,1-9H3/t28-,30-,31+,34+,35-/m1/s1/i1D3,10D2,11D2,15D2. The average molecular weight is 663 g/mol.